The quantitative estimate of drug-likeness (QED) is 0.140. The fourth-order valence-corrected chi connectivity index (χ4v) is 3.23. The Morgan fingerprint density at radius 3 is 2.37 bits per heavy atom. The molecule has 0 spiro atoms. The molecular formula is C21H30O9. The standard InChI is InChI=1S/C21H30O9/c1-12(5-6-21(29)13(2)8-14(24)9-20(21,3)4)7-17(26)30-16(11-23)19(28)18(27)15(25)10-22/h5-8,11,15-16,18-19,22,25,27-29H,9-10H2,1-4H3/b6-5?,12-7-/t15-,16+,18-,19-,21?/m1/s1. The van der Waals surface area contributed by atoms with Crippen LogP contribution in [0.15, 0.2) is 35.5 Å². The number of aliphatic hydroxyl groups is 5. The first-order valence-corrected chi connectivity index (χ1v) is 9.41. The number of hydrogen-bond donors (Lipinski definition) is 5. The smallest absolute Gasteiger partial charge is 0.331 e. The molecule has 0 heterocycles. The van der Waals surface area contributed by atoms with Crippen LogP contribution in [0.5, 0.6) is 0 Å². The van der Waals surface area contributed by atoms with Crippen molar-refractivity contribution in [1.82, 2.24) is 0 Å². The van der Waals surface area contributed by atoms with Gasteiger partial charge in [0.05, 0.1) is 6.61 Å². The molecule has 0 aromatic rings. The number of esters is 1. The highest BCUT2D eigenvalue weighted by atomic mass is 16.6. The molecule has 0 radical (unpaired) electrons. The third-order valence-corrected chi connectivity index (χ3v) is 5.21. The summed E-state index contributed by atoms with van der Waals surface area (Å²) in [7, 11) is 0. The van der Waals surface area contributed by atoms with Gasteiger partial charge in [0.1, 0.15) is 23.9 Å². The summed E-state index contributed by atoms with van der Waals surface area (Å²) in [5.41, 5.74) is -1.36. The van der Waals surface area contributed by atoms with Crippen LogP contribution in [0, 0.1) is 5.41 Å². The van der Waals surface area contributed by atoms with Crippen molar-refractivity contribution in [2.24, 2.45) is 5.41 Å². The fraction of sp³-hybridized carbons (Fsp3) is 0.571. The Labute approximate surface area is 175 Å². The molecule has 0 aromatic carbocycles. The zero-order valence-electron chi connectivity index (χ0n) is 17.5. The van der Waals surface area contributed by atoms with Crippen molar-refractivity contribution in [3.8, 4) is 0 Å². The number of allylic oxidation sites excluding steroid dienone is 3. The summed E-state index contributed by atoms with van der Waals surface area (Å²) in [5, 5.41) is 48.7. The lowest BCUT2D eigenvalue weighted by Crippen LogP contribution is -2.48. The van der Waals surface area contributed by atoms with Crippen molar-refractivity contribution in [2.75, 3.05) is 6.61 Å². The second kappa shape index (κ2) is 10.2. The van der Waals surface area contributed by atoms with E-state index in [2.05, 4.69) is 0 Å². The molecule has 5 atom stereocenters. The minimum Gasteiger partial charge on any atom is -0.449 e. The molecule has 168 valence electrons. The van der Waals surface area contributed by atoms with Crippen molar-refractivity contribution in [1.29, 1.82) is 0 Å². The number of ether oxygens (including phenoxy) is 1. The highest BCUT2D eigenvalue weighted by Crippen LogP contribution is 2.44. The van der Waals surface area contributed by atoms with Gasteiger partial charge in [-0.1, -0.05) is 19.9 Å². The van der Waals surface area contributed by atoms with Gasteiger partial charge in [0.25, 0.3) is 0 Å². The van der Waals surface area contributed by atoms with Gasteiger partial charge >= 0.3 is 5.97 Å². The molecule has 0 fully saturated rings. The normalized spacial score (nSPS) is 26.0. The molecule has 1 rings (SSSR count). The second-order valence-corrected chi connectivity index (χ2v) is 8.11. The van der Waals surface area contributed by atoms with Crippen LogP contribution in [0.3, 0.4) is 0 Å². The van der Waals surface area contributed by atoms with Gasteiger partial charge < -0.3 is 30.3 Å². The van der Waals surface area contributed by atoms with E-state index in [1.165, 1.54) is 25.2 Å². The van der Waals surface area contributed by atoms with E-state index in [1.54, 1.807) is 20.8 Å². The lowest BCUT2D eigenvalue weighted by Gasteiger charge is -2.44. The first-order chi connectivity index (χ1) is 13.8. The van der Waals surface area contributed by atoms with Gasteiger partial charge in [-0.25, -0.2) is 4.79 Å². The molecule has 0 bridgehead atoms. The summed E-state index contributed by atoms with van der Waals surface area (Å²) in [6.45, 7) is 5.82. The maximum atomic E-state index is 12.0. The van der Waals surface area contributed by atoms with Crippen LogP contribution in [0.2, 0.25) is 0 Å². The molecule has 0 aromatic heterocycles. The van der Waals surface area contributed by atoms with Crippen molar-refractivity contribution >= 4 is 18.0 Å². The summed E-state index contributed by atoms with van der Waals surface area (Å²) in [5.74, 6) is -1.09. The first kappa shape index (κ1) is 25.9. The topological polar surface area (TPSA) is 162 Å². The molecule has 30 heavy (non-hydrogen) atoms. The molecule has 1 aliphatic carbocycles. The van der Waals surface area contributed by atoms with Gasteiger partial charge in [-0.3, -0.25) is 9.59 Å². The van der Waals surface area contributed by atoms with E-state index in [0.29, 0.717) is 11.1 Å². The molecule has 0 aliphatic heterocycles. The molecule has 5 N–H and O–H groups in total. The summed E-state index contributed by atoms with van der Waals surface area (Å²) < 4.78 is 4.80. The largest absolute Gasteiger partial charge is 0.449 e. The number of aldehydes is 1. The monoisotopic (exact) mass is 426 g/mol. The Bertz CT molecular complexity index is 750. The van der Waals surface area contributed by atoms with E-state index >= 15 is 0 Å². The summed E-state index contributed by atoms with van der Waals surface area (Å²) in [6.07, 6.45) is -1.75. The van der Waals surface area contributed by atoms with E-state index in [4.69, 9.17) is 9.84 Å². The highest BCUT2D eigenvalue weighted by Gasteiger charge is 2.46. The number of carbonyl (C=O) groups excluding carboxylic acids is 3. The van der Waals surface area contributed by atoms with Crippen LogP contribution in [0.1, 0.15) is 34.1 Å². The minimum atomic E-state index is -1.94. The Morgan fingerprint density at radius 2 is 1.87 bits per heavy atom. The van der Waals surface area contributed by atoms with Gasteiger partial charge in [0, 0.05) is 17.9 Å². The predicted octanol–water partition coefficient (Wildman–Crippen LogP) is -0.649. The van der Waals surface area contributed by atoms with Crippen LogP contribution in [-0.2, 0) is 19.1 Å². The molecule has 0 saturated heterocycles. The molecule has 1 aliphatic rings. The zero-order chi connectivity index (χ0) is 23.3. The highest BCUT2D eigenvalue weighted by molar-refractivity contribution is 5.92. The van der Waals surface area contributed by atoms with Gasteiger partial charge in [0.2, 0.25) is 0 Å². The number of aliphatic hydroxyl groups excluding tert-OH is 4. The maximum absolute atomic E-state index is 12.0. The first-order valence-electron chi connectivity index (χ1n) is 9.41. The van der Waals surface area contributed by atoms with E-state index < -0.39 is 48.0 Å². The zero-order valence-corrected chi connectivity index (χ0v) is 17.5. The minimum absolute atomic E-state index is 0.0848. The molecule has 1 unspecified atom stereocenters. The second-order valence-electron chi connectivity index (χ2n) is 8.11. The van der Waals surface area contributed by atoms with Crippen LogP contribution >= 0.6 is 0 Å². The van der Waals surface area contributed by atoms with Crippen LogP contribution < -0.4 is 0 Å². The fourth-order valence-electron chi connectivity index (χ4n) is 3.23. The third kappa shape index (κ3) is 5.93. The number of ketones is 1. The average Bonchev–Trinajstić information content (AvgIpc) is 2.66. The van der Waals surface area contributed by atoms with E-state index in [1.807, 2.05) is 0 Å². The van der Waals surface area contributed by atoms with Gasteiger partial charge in [-0.05, 0) is 37.1 Å². The lowest BCUT2D eigenvalue weighted by molar-refractivity contribution is -0.163. The van der Waals surface area contributed by atoms with Gasteiger partial charge in [-0.2, -0.15) is 0 Å². The van der Waals surface area contributed by atoms with E-state index in [9.17, 15) is 34.8 Å². The molecule has 0 amide bonds. The van der Waals surface area contributed by atoms with Crippen LogP contribution in [0.25, 0.3) is 0 Å². The molecule has 9 heteroatoms. The Balaban J connectivity index is 2.93. The van der Waals surface area contributed by atoms with Gasteiger partial charge in [-0.15, -0.1) is 0 Å². The Hall–Kier alpha value is -2.17. The predicted molar refractivity (Wildman–Crippen MR) is 106 cm³/mol. The van der Waals surface area contributed by atoms with Crippen LogP contribution in [-0.4, -0.2) is 80.2 Å². The van der Waals surface area contributed by atoms with Crippen molar-refractivity contribution in [2.45, 2.75) is 64.1 Å². The van der Waals surface area contributed by atoms with Crippen molar-refractivity contribution in [3.05, 3.63) is 35.5 Å². The SMILES string of the molecule is CC1=CC(=O)CC(C)(C)C1(O)C=C/C(C)=C\C(=O)O[C@@H](C=O)[C@@H](O)[C@H](O)[C@H](O)CO. The Kier molecular flexibility index (Phi) is 8.82. The van der Waals surface area contributed by atoms with Crippen molar-refractivity contribution in [3.63, 3.8) is 0 Å². The molecule has 9 nitrogen and oxygen atoms in total. The average molecular weight is 426 g/mol. The van der Waals surface area contributed by atoms with E-state index in [0.717, 1.165) is 6.08 Å². The number of carbonyl (C=O) groups is 3. The molecular weight excluding hydrogens is 396 g/mol. The summed E-state index contributed by atoms with van der Waals surface area (Å²) in [6, 6.07) is 0. The summed E-state index contributed by atoms with van der Waals surface area (Å²) in [4.78, 5) is 34.9. The van der Waals surface area contributed by atoms with E-state index in [-0.39, 0.29) is 18.5 Å². The summed E-state index contributed by atoms with van der Waals surface area (Å²) >= 11 is 0. The third-order valence-electron chi connectivity index (χ3n) is 5.21. The van der Waals surface area contributed by atoms with Gasteiger partial charge in [0.15, 0.2) is 18.2 Å². The van der Waals surface area contributed by atoms with Crippen LogP contribution in [0.4, 0.5) is 0 Å². The molecule has 0 saturated carbocycles. The number of hydrogen-bond acceptors (Lipinski definition) is 9. The lowest BCUT2D eigenvalue weighted by atomic mass is 9.64. The van der Waals surface area contributed by atoms with Crippen molar-refractivity contribution < 1.29 is 44.7 Å². The number of rotatable bonds is 9. The Morgan fingerprint density at radius 1 is 1.27 bits per heavy atom. The maximum Gasteiger partial charge on any atom is 0.331 e.